The topological polar surface area (TPSA) is 53.1 Å². The summed E-state index contributed by atoms with van der Waals surface area (Å²) < 4.78 is 5.13. The minimum absolute atomic E-state index is 0.0531. The van der Waals surface area contributed by atoms with Crippen LogP contribution < -0.4 is 0 Å². The highest BCUT2D eigenvalue weighted by atomic mass is 32.2. The Morgan fingerprint density at radius 3 is 2.46 bits per heavy atom. The largest absolute Gasteiger partial charge is 0.383 e. The number of carbonyl (C=O) groups excluding carboxylic acids is 2. The minimum Gasteiger partial charge on any atom is -0.383 e. The van der Waals surface area contributed by atoms with Crippen LogP contribution in [0, 0.1) is 0 Å². The second-order valence-electron chi connectivity index (χ2n) is 7.68. The fourth-order valence-corrected chi connectivity index (χ4v) is 5.01. The van der Waals surface area contributed by atoms with Crippen LogP contribution >= 0.6 is 11.8 Å². The van der Waals surface area contributed by atoms with E-state index < -0.39 is 5.54 Å². The molecule has 0 radical (unpaired) electrons. The highest BCUT2D eigenvalue weighted by molar-refractivity contribution is 7.98. The smallest absolute Gasteiger partial charge is 0.328 e. The van der Waals surface area contributed by atoms with Crippen molar-refractivity contribution in [2.75, 3.05) is 45.4 Å². The zero-order chi connectivity index (χ0) is 20.1. The number of imide groups is 1. The number of hydrogen-bond acceptors (Lipinski definition) is 5. The zero-order valence-electron chi connectivity index (χ0n) is 17.1. The van der Waals surface area contributed by atoms with Crippen molar-refractivity contribution in [1.82, 2.24) is 14.7 Å². The van der Waals surface area contributed by atoms with Gasteiger partial charge in [0.1, 0.15) is 5.54 Å². The second kappa shape index (κ2) is 9.29. The van der Waals surface area contributed by atoms with Crippen molar-refractivity contribution in [3.63, 3.8) is 0 Å². The standard InChI is InChI=1S/C21H31N3O3S/c1-17(16-28-3)22-11-9-21(10-12-22)19(25)23(13-14-27-2)20(26)24(21)15-18-7-5-4-6-8-18/h4-8,17H,9-16H2,1-3H3. The van der Waals surface area contributed by atoms with Crippen LogP contribution in [-0.2, 0) is 16.1 Å². The Labute approximate surface area is 172 Å². The van der Waals surface area contributed by atoms with Gasteiger partial charge < -0.3 is 9.64 Å². The van der Waals surface area contributed by atoms with Crippen LogP contribution in [0.4, 0.5) is 4.79 Å². The maximum atomic E-state index is 13.4. The lowest BCUT2D eigenvalue weighted by Crippen LogP contribution is -2.57. The zero-order valence-corrected chi connectivity index (χ0v) is 17.9. The summed E-state index contributed by atoms with van der Waals surface area (Å²) in [4.78, 5) is 32.2. The van der Waals surface area contributed by atoms with Gasteiger partial charge in [-0.2, -0.15) is 11.8 Å². The number of methoxy groups -OCH3 is 1. The number of rotatable bonds is 8. The van der Waals surface area contributed by atoms with E-state index in [1.165, 1.54) is 4.90 Å². The second-order valence-corrected chi connectivity index (χ2v) is 8.59. The van der Waals surface area contributed by atoms with Gasteiger partial charge in [0.05, 0.1) is 13.2 Å². The van der Waals surface area contributed by atoms with Gasteiger partial charge in [-0.15, -0.1) is 0 Å². The van der Waals surface area contributed by atoms with Gasteiger partial charge in [-0.3, -0.25) is 14.6 Å². The molecule has 2 saturated heterocycles. The lowest BCUT2D eigenvalue weighted by molar-refractivity contribution is -0.136. The molecule has 1 aromatic carbocycles. The molecule has 2 heterocycles. The maximum Gasteiger partial charge on any atom is 0.328 e. The van der Waals surface area contributed by atoms with Crippen LogP contribution in [0.25, 0.3) is 0 Å². The molecule has 1 spiro atoms. The third kappa shape index (κ3) is 4.07. The van der Waals surface area contributed by atoms with Crippen LogP contribution in [-0.4, -0.2) is 83.6 Å². The average Bonchev–Trinajstić information content (AvgIpc) is 2.89. The number of amides is 3. The first kappa shape index (κ1) is 21.1. The Balaban J connectivity index is 1.82. The molecule has 3 rings (SSSR count). The van der Waals surface area contributed by atoms with Gasteiger partial charge in [-0.25, -0.2) is 4.79 Å². The van der Waals surface area contributed by atoms with Crippen molar-refractivity contribution in [2.24, 2.45) is 0 Å². The molecule has 7 heteroatoms. The van der Waals surface area contributed by atoms with E-state index in [0.717, 1.165) is 24.4 Å². The van der Waals surface area contributed by atoms with E-state index in [2.05, 4.69) is 18.1 Å². The highest BCUT2D eigenvalue weighted by Crippen LogP contribution is 2.38. The van der Waals surface area contributed by atoms with Crippen molar-refractivity contribution in [3.8, 4) is 0 Å². The molecule has 154 valence electrons. The summed E-state index contributed by atoms with van der Waals surface area (Å²) in [5.74, 6) is 1.02. The van der Waals surface area contributed by atoms with E-state index in [1.54, 1.807) is 7.11 Å². The maximum absolute atomic E-state index is 13.4. The van der Waals surface area contributed by atoms with Gasteiger partial charge in [0, 0.05) is 38.5 Å². The molecule has 1 unspecified atom stereocenters. The first-order valence-electron chi connectivity index (χ1n) is 9.93. The molecule has 6 nitrogen and oxygen atoms in total. The minimum atomic E-state index is -0.726. The van der Waals surface area contributed by atoms with E-state index in [1.807, 2.05) is 47.0 Å². The van der Waals surface area contributed by atoms with E-state index in [4.69, 9.17) is 4.74 Å². The predicted molar refractivity (Wildman–Crippen MR) is 112 cm³/mol. The number of piperidine rings is 1. The van der Waals surface area contributed by atoms with E-state index in [9.17, 15) is 9.59 Å². The normalized spacial score (nSPS) is 21.0. The summed E-state index contributed by atoms with van der Waals surface area (Å²) in [6.45, 7) is 5.06. The molecule has 3 amide bonds. The number of hydrogen-bond donors (Lipinski definition) is 0. The number of carbonyl (C=O) groups is 2. The molecule has 0 saturated carbocycles. The van der Waals surface area contributed by atoms with Crippen molar-refractivity contribution < 1.29 is 14.3 Å². The number of thioether (sulfide) groups is 1. The number of likely N-dealkylation sites (tertiary alicyclic amines) is 1. The lowest BCUT2D eigenvalue weighted by atomic mass is 9.85. The molecule has 1 atom stereocenters. The molecular formula is C21H31N3O3S. The van der Waals surface area contributed by atoms with Crippen molar-refractivity contribution in [2.45, 2.75) is 37.9 Å². The van der Waals surface area contributed by atoms with E-state index in [0.29, 0.717) is 38.6 Å². The molecule has 0 bridgehead atoms. The monoisotopic (exact) mass is 405 g/mol. The van der Waals surface area contributed by atoms with Crippen molar-refractivity contribution >= 4 is 23.7 Å². The fourth-order valence-electron chi connectivity index (χ4n) is 4.31. The first-order chi connectivity index (χ1) is 13.5. The summed E-state index contributed by atoms with van der Waals surface area (Å²) in [7, 11) is 1.59. The average molecular weight is 406 g/mol. The third-order valence-corrected chi connectivity index (χ3v) is 6.80. The molecule has 2 fully saturated rings. The molecule has 0 N–H and O–H groups in total. The number of ether oxygens (including phenoxy) is 1. The molecule has 2 aliphatic heterocycles. The van der Waals surface area contributed by atoms with Gasteiger partial charge in [0.15, 0.2) is 0 Å². The van der Waals surface area contributed by atoms with Crippen LogP contribution in [0.15, 0.2) is 30.3 Å². The fraction of sp³-hybridized carbons (Fsp3) is 0.619. The highest BCUT2D eigenvalue weighted by Gasteiger charge is 2.57. The Morgan fingerprint density at radius 1 is 1.18 bits per heavy atom. The van der Waals surface area contributed by atoms with E-state index >= 15 is 0 Å². The number of nitrogens with zero attached hydrogens (tertiary/aromatic N) is 3. The van der Waals surface area contributed by atoms with Crippen LogP contribution in [0.2, 0.25) is 0 Å². The predicted octanol–water partition coefficient (Wildman–Crippen LogP) is 2.68. The Hall–Kier alpha value is -1.57. The Bertz CT molecular complexity index is 677. The van der Waals surface area contributed by atoms with Gasteiger partial charge in [0.2, 0.25) is 0 Å². The summed E-state index contributed by atoms with van der Waals surface area (Å²) in [6.07, 6.45) is 3.50. The first-order valence-corrected chi connectivity index (χ1v) is 11.3. The molecule has 2 aliphatic rings. The quantitative estimate of drug-likeness (QED) is 0.623. The molecular weight excluding hydrogens is 374 g/mol. The Kier molecular flexibility index (Phi) is 7.01. The molecule has 0 aromatic heterocycles. The molecule has 28 heavy (non-hydrogen) atoms. The Morgan fingerprint density at radius 2 is 1.86 bits per heavy atom. The van der Waals surface area contributed by atoms with Crippen LogP contribution in [0.1, 0.15) is 25.3 Å². The van der Waals surface area contributed by atoms with Gasteiger partial charge in [-0.05, 0) is 31.6 Å². The van der Waals surface area contributed by atoms with Crippen LogP contribution in [0.5, 0.6) is 0 Å². The summed E-state index contributed by atoms with van der Waals surface area (Å²) in [6, 6.07) is 10.2. The number of benzene rings is 1. The SMILES string of the molecule is COCCN1C(=O)N(Cc2ccccc2)C2(CCN(C(C)CSC)CC2)C1=O. The lowest BCUT2D eigenvalue weighted by Gasteiger charge is -2.44. The third-order valence-electron chi connectivity index (χ3n) is 5.98. The van der Waals surface area contributed by atoms with Crippen LogP contribution in [0.3, 0.4) is 0 Å². The van der Waals surface area contributed by atoms with E-state index in [-0.39, 0.29) is 11.9 Å². The number of urea groups is 1. The van der Waals surface area contributed by atoms with Gasteiger partial charge in [-0.1, -0.05) is 30.3 Å². The molecule has 0 aliphatic carbocycles. The van der Waals surface area contributed by atoms with Gasteiger partial charge >= 0.3 is 6.03 Å². The summed E-state index contributed by atoms with van der Waals surface area (Å²) in [5.41, 5.74) is 0.325. The molecule has 1 aromatic rings. The van der Waals surface area contributed by atoms with Crippen molar-refractivity contribution in [1.29, 1.82) is 0 Å². The van der Waals surface area contributed by atoms with Gasteiger partial charge in [0.25, 0.3) is 5.91 Å². The summed E-state index contributed by atoms with van der Waals surface area (Å²) >= 11 is 1.84. The van der Waals surface area contributed by atoms with Crippen molar-refractivity contribution in [3.05, 3.63) is 35.9 Å². The summed E-state index contributed by atoms with van der Waals surface area (Å²) in [5, 5.41) is 0.